The molecule has 1 aliphatic heterocycles. The Labute approximate surface area is 114 Å². The summed E-state index contributed by atoms with van der Waals surface area (Å²) in [6, 6.07) is 7.40. The first-order chi connectivity index (χ1) is 8.88. The van der Waals surface area contributed by atoms with Gasteiger partial charge in [0.25, 0.3) is 0 Å². The van der Waals surface area contributed by atoms with Gasteiger partial charge in [-0.25, -0.2) is 4.79 Å². The van der Waals surface area contributed by atoms with Gasteiger partial charge in [0, 0.05) is 18.7 Å². The zero-order valence-electron chi connectivity index (χ0n) is 11.7. The van der Waals surface area contributed by atoms with Crippen LogP contribution in [0, 0.1) is 0 Å². The lowest BCUT2D eigenvalue weighted by Gasteiger charge is -2.27. The van der Waals surface area contributed by atoms with Gasteiger partial charge in [-0.05, 0) is 32.4 Å². The van der Waals surface area contributed by atoms with E-state index in [1.807, 2.05) is 49.9 Å². The number of carbonyl (C=O) groups is 1. The molecule has 1 unspecified atom stereocenters. The van der Waals surface area contributed by atoms with Crippen LogP contribution in [0.15, 0.2) is 24.3 Å². The molecule has 4 nitrogen and oxygen atoms in total. The summed E-state index contributed by atoms with van der Waals surface area (Å²) >= 11 is 0. The highest BCUT2D eigenvalue weighted by atomic mass is 16.5. The first-order valence-electron chi connectivity index (χ1n) is 6.60. The van der Waals surface area contributed by atoms with Crippen LogP contribution >= 0.6 is 0 Å². The number of carboxylic acids is 1. The minimum Gasteiger partial charge on any atom is -0.480 e. The second-order valence-corrected chi connectivity index (χ2v) is 5.84. The highest BCUT2D eigenvalue weighted by Crippen LogP contribution is 2.31. The Bertz CT molecular complexity index is 465. The third-order valence-electron chi connectivity index (χ3n) is 3.24. The number of benzene rings is 1. The Hall–Kier alpha value is -1.55. The van der Waals surface area contributed by atoms with Crippen molar-refractivity contribution >= 4 is 11.7 Å². The molecule has 0 amide bonds. The first kappa shape index (κ1) is 13.9. The van der Waals surface area contributed by atoms with Crippen LogP contribution in [0.25, 0.3) is 0 Å². The maximum atomic E-state index is 11.4. The summed E-state index contributed by atoms with van der Waals surface area (Å²) in [6.45, 7) is 7.13. The molecule has 1 atom stereocenters. The first-order valence-corrected chi connectivity index (χ1v) is 6.60. The Kier molecular flexibility index (Phi) is 3.80. The smallest absolute Gasteiger partial charge is 0.326 e. The average molecular weight is 263 g/mol. The lowest BCUT2D eigenvalue weighted by molar-refractivity contribution is -0.138. The monoisotopic (exact) mass is 263 g/mol. The van der Waals surface area contributed by atoms with E-state index in [0.29, 0.717) is 19.6 Å². The third kappa shape index (κ3) is 3.26. The second-order valence-electron chi connectivity index (χ2n) is 5.84. The highest BCUT2D eigenvalue weighted by molar-refractivity contribution is 5.82. The number of ether oxygens (including phenoxy) is 1. The summed E-state index contributed by atoms with van der Waals surface area (Å²) in [5.74, 6) is -0.771. The van der Waals surface area contributed by atoms with Gasteiger partial charge < -0.3 is 14.7 Å². The summed E-state index contributed by atoms with van der Waals surface area (Å²) in [4.78, 5) is 13.3. The molecule has 0 saturated heterocycles. The van der Waals surface area contributed by atoms with Crippen LogP contribution < -0.4 is 4.90 Å². The average Bonchev–Trinajstić information content (AvgIpc) is 2.67. The number of aliphatic carboxylic acids is 1. The zero-order valence-corrected chi connectivity index (χ0v) is 11.7. The van der Waals surface area contributed by atoms with E-state index in [-0.39, 0.29) is 5.60 Å². The van der Waals surface area contributed by atoms with Crippen LogP contribution in [-0.4, -0.2) is 35.9 Å². The lowest BCUT2D eigenvalue weighted by Crippen LogP contribution is -2.41. The molecule has 1 N–H and O–H groups in total. The van der Waals surface area contributed by atoms with Crippen molar-refractivity contribution in [1.82, 2.24) is 0 Å². The van der Waals surface area contributed by atoms with Crippen LogP contribution in [-0.2, 0) is 16.0 Å². The molecule has 104 valence electrons. The summed E-state index contributed by atoms with van der Waals surface area (Å²) in [7, 11) is 0. The van der Waals surface area contributed by atoms with E-state index in [2.05, 4.69) is 0 Å². The van der Waals surface area contributed by atoms with Gasteiger partial charge in [-0.1, -0.05) is 18.2 Å². The topological polar surface area (TPSA) is 49.8 Å². The van der Waals surface area contributed by atoms with Gasteiger partial charge in [0.2, 0.25) is 0 Å². The van der Waals surface area contributed by atoms with Crippen molar-refractivity contribution in [3.63, 3.8) is 0 Å². The Morgan fingerprint density at radius 3 is 2.74 bits per heavy atom. The maximum Gasteiger partial charge on any atom is 0.326 e. The summed E-state index contributed by atoms with van der Waals surface area (Å²) in [5.41, 5.74) is 1.93. The number of hydrogen-bond donors (Lipinski definition) is 1. The zero-order chi connectivity index (χ0) is 14.0. The van der Waals surface area contributed by atoms with E-state index in [1.54, 1.807) is 0 Å². The molecule has 0 fully saturated rings. The van der Waals surface area contributed by atoms with Crippen molar-refractivity contribution in [3.8, 4) is 0 Å². The van der Waals surface area contributed by atoms with Crippen molar-refractivity contribution in [1.29, 1.82) is 0 Å². The molecule has 1 heterocycles. The number of nitrogens with zero attached hydrogens (tertiary/aromatic N) is 1. The Morgan fingerprint density at radius 1 is 1.42 bits per heavy atom. The molecular formula is C15H21NO3. The standard InChI is InChI=1S/C15H21NO3/c1-15(2,3)19-9-8-16-12-7-5-4-6-11(12)10-13(16)14(17)18/h4-7,13H,8-10H2,1-3H3,(H,17,18). The van der Waals surface area contributed by atoms with Gasteiger partial charge in [-0.3, -0.25) is 0 Å². The molecule has 0 spiro atoms. The van der Waals surface area contributed by atoms with E-state index < -0.39 is 12.0 Å². The number of carboxylic acid groups (broad SMARTS) is 1. The SMILES string of the molecule is CC(C)(C)OCCN1c2ccccc2CC1C(=O)O. The van der Waals surface area contributed by atoms with Gasteiger partial charge in [0.15, 0.2) is 0 Å². The van der Waals surface area contributed by atoms with Crippen LogP contribution in [0.5, 0.6) is 0 Å². The van der Waals surface area contributed by atoms with E-state index in [1.165, 1.54) is 0 Å². The fraction of sp³-hybridized carbons (Fsp3) is 0.533. The maximum absolute atomic E-state index is 11.4. The molecule has 0 saturated carbocycles. The van der Waals surface area contributed by atoms with Crippen LogP contribution in [0.2, 0.25) is 0 Å². The van der Waals surface area contributed by atoms with Crippen molar-refractivity contribution in [3.05, 3.63) is 29.8 Å². The van der Waals surface area contributed by atoms with Crippen LogP contribution in [0.3, 0.4) is 0 Å². The molecule has 1 aromatic rings. The van der Waals surface area contributed by atoms with Crippen LogP contribution in [0.1, 0.15) is 26.3 Å². The predicted octanol–water partition coefficient (Wildman–Crippen LogP) is 2.32. The molecule has 0 bridgehead atoms. The van der Waals surface area contributed by atoms with Crippen molar-refractivity contribution in [2.75, 3.05) is 18.1 Å². The normalized spacial score (nSPS) is 18.5. The Morgan fingerprint density at radius 2 is 2.11 bits per heavy atom. The third-order valence-corrected chi connectivity index (χ3v) is 3.24. The summed E-state index contributed by atoms with van der Waals surface area (Å²) in [5, 5.41) is 9.33. The largest absolute Gasteiger partial charge is 0.480 e. The fourth-order valence-corrected chi connectivity index (χ4v) is 2.40. The quantitative estimate of drug-likeness (QED) is 0.905. The van der Waals surface area contributed by atoms with E-state index in [4.69, 9.17) is 4.74 Å². The Balaban J connectivity index is 2.09. The summed E-state index contributed by atoms with van der Waals surface area (Å²) < 4.78 is 5.70. The van der Waals surface area contributed by atoms with Gasteiger partial charge in [0.05, 0.1) is 12.2 Å². The number of fused-ring (bicyclic) bond motifs is 1. The van der Waals surface area contributed by atoms with E-state index >= 15 is 0 Å². The van der Waals surface area contributed by atoms with Gasteiger partial charge in [0.1, 0.15) is 6.04 Å². The molecule has 0 radical (unpaired) electrons. The van der Waals surface area contributed by atoms with Gasteiger partial charge in [-0.15, -0.1) is 0 Å². The molecular weight excluding hydrogens is 242 g/mol. The summed E-state index contributed by atoms with van der Waals surface area (Å²) in [6.07, 6.45) is 0.570. The molecule has 2 rings (SSSR count). The molecule has 1 aromatic carbocycles. The van der Waals surface area contributed by atoms with Crippen molar-refractivity contribution in [2.45, 2.75) is 38.8 Å². The van der Waals surface area contributed by atoms with Crippen molar-refractivity contribution in [2.24, 2.45) is 0 Å². The molecule has 0 aliphatic carbocycles. The number of hydrogen-bond acceptors (Lipinski definition) is 3. The predicted molar refractivity (Wildman–Crippen MR) is 74.6 cm³/mol. The van der Waals surface area contributed by atoms with Gasteiger partial charge in [-0.2, -0.15) is 0 Å². The van der Waals surface area contributed by atoms with E-state index in [9.17, 15) is 9.90 Å². The van der Waals surface area contributed by atoms with Gasteiger partial charge >= 0.3 is 5.97 Å². The van der Waals surface area contributed by atoms with Crippen LogP contribution in [0.4, 0.5) is 5.69 Å². The molecule has 4 heteroatoms. The number of rotatable bonds is 4. The minimum atomic E-state index is -0.771. The number of para-hydroxylation sites is 1. The van der Waals surface area contributed by atoms with E-state index in [0.717, 1.165) is 11.3 Å². The lowest BCUT2D eigenvalue weighted by atomic mass is 10.1. The number of anilines is 1. The highest BCUT2D eigenvalue weighted by Gasteiger charge is 2.33. The minimum absolute atomic E-state index is 0.196. The molecule has 1 aliphatic rings. The molecule has 19 heavy (non-hydrogen) atoms. The second kappa shape index (κ2) is 5.21. The van der Waals surface area contributed by atoms with Crippen molar-refractivity contribution < 1.29 is 14.6 Å². The molecule has 0 aromatic heterocycles. The fourth-order valence-electron chi connectivity index (χ4n) is 2.40.